The monoisotopic (exact) mass is 310 g/mol. The quantitative estimate of drug-likeness (QED) is 0.914. The van der Waals surface area contributed by atoms with Crippen molar-refractivity contribution in [1.82, 2.24) is 4.90 Å². The van der Waals surface area contributed by atoms with Crippen molar-refractivity contribution < 1.29 is 14.7 Å². The number of carboxylic acid groups (broad SMARTS) is 1. The van der Waals surface area contributed by atoms with Gasteiger partial charge in [0.15, 0.2) is 0 Å². The first-order valence-corrected chi connectivity index (χ1v) is 7.49. The first-order chi connectivity index (χ1) is 11.0. The predicted molar refractivity (Wildman–Crippen MR) is 87.3 cm³/mol. The van der Waals surface area contributed by atoms with Gasteiger partial charge in [0, 0.05) is 18.3 Å². The van der Waals surface area contributed by atoms with Crippen LogP contribution in [0.15, 0.2) is 48.5 Å². The Balaban J connectivity index is 1.93. The van der Waals surface area contributed by atoms with E-state index in [9.17, 15) is 9.59 Å². The Hall–Kier alpha value is -2.66. The average molecular weight is 310 g/mol. The number of carbonyl (C=O) groups is 2. The SMILES string of the molecule is CC(c1ccccc1)N1CC(=O)Nc2ccc(C(=O)O)cc2C1. The molecule has 1 aliphatic rings. The number of fused-ring (bicyclic) bond motifs is 1. The van der Waals surface area contributed by atoms with Crippen LogP contribution in [0, 0.1) is 0 Å². The van der Waals surface area contributed by atoms with Gasteiger partial charge in [-0.15, -0.1) is 0 Å². The van der Waals surface area contributed by atoms with E-state index in [0.717, 1.165) is 11.1 Å². The molecule has 1 heterocycles. The van der Waals surface area contributed by atoms with Crippen molar-refractivity contribution in [3.8, 4) is 0 Å². The number of anilines is 1. The third kappa shape index (κ3) is 3.24. The van der Waals surface area contributed by atoms with Gasteiger partial charge in [0.2, 0.25) is 5.91 Å². The summed E-state index contributed by atoms with van der Waals surface area (Å²) in [6.07, 6.45) is 0. The van der Waals surface area contributed by atoms with Crippen LogP contribution in [0.3, 0.4) is 0 Å². The van der Waals surface area contributed by atoms with Crippen molar-refractivity contribution in [2.75, 3.05) is 11.9 Å². The van der Waals surface area contributed by atoms with E-state index in [4.69, 9.17) is 5.11 Å². The Morgan fingerprint density at radius 2 is 1.91 bits per heavy atom. The van der Waals surface area contributed by atoms with Crippen LogP contribution < -0.4 is 5.32 Å². The fourth-order valence-corrected chi connectivity index (χ4v) is 2.84. The summed E-state index contributed by atoms with van der Waals surface area (Å²) in [7, 11) is 0. The molecular weight excluding hydrogens is 292 g/mol. The molecule has 1 atom stereocenters. The largest absolute Gasteiger partial charge is 0.478 e. The first kappa shape index (κ1) is 15.2. The first-order valence-electron chi connectivity index (χ1n) is 7.49. The van der Waals surface area contributed by atoms with Gasteiger partial charge in [-0.05, 0) is 36.2 Å². The summed E-state index contributed by atoms with van der Waals surface area (Å²) in [4.78, 5) is 25.4. The maximum atomic E-state index is 12.1. The van der Waals surface area contributed by atoms with Crippen molar-refractivity contribution in [2.24, 2.45) is 0 Å². The van der Waals surface area contributed by atoms with Gasteiger partial charge in [0.1, 0.15) is 0 Å². The molecule has 1 aliphatic heterocycles. The number of hydrogen-bond donors (Lipinski definition) is 2. The van der Waals surface area contributed by atoms with E-state index in [-0.39, 0.29) is 24.1 Å². The molecule has 0 saturated heterocycles. The van der Waals surface area contributed by atoms with E-state index in [1.807, 2.05) is 35.2 Å². The van der Waals surface area contributed by atoms with E-state index in [0.29, 0.717) is 12.2 Å². The number of nitrogens with one attached hydrogen (secondary N) is 1. The highest BCUT2D eigenvalue weighted by atomic mass is 16.4. The summed E-state index contributed by atoms with van der Waals surface area (Å²) in [5.41, 5.74) is 2.85. The van der Waals surface area contributed by atoms with Gasteiger partial charge < -0.3 is 10.4 Å². The predicted octanol–water partition coefficient (Wildman–Crippen LogP) is 2.90. The third-order valence-electron chi connectivity index (χ3n) is 4.18. The van der Waals surface area contributed by atoms with E-state index in [2.05, 4.69) is 12.2 Å². The second-order valence-electron chi connectivity index (χ2n) is 5.72. The summed E-state index contributed by atoms with van der Waals surface area (Å²) < 4.78 is 0. The van der Waals surface area contributed by atoms with Crippen LogP contribution in [0.25, 0.3) is 0 Å². The molecule has 1 amide bonds. The lowest BCUT2D eigenvalue weighted by atomic mass is 10.0. The molecule has 0 spiro atoms. The molecule has 2 N–H and O–H groups in total. The van der Waals surface area contributed by atoms with Crippen LogP contribution in [-0.2, 0) is 11.3 Å². The summed E-state index contributed by atoms with van der Waals surface area (Å²) in [5, 5.41) is 12.0. The van der Waals surface area contributed by atoms with Crippen LogP contribution in [0.4, 0.5) is 5.69 Å². The number of carbonyl (C=O) groups excluding carboxylic acids is 1. The highest BCUT2D eigenvalue weighted by Gasteiger charge is 2.24. The smallest absolute Gasteiger partial charge is 0.335 e. The van der Waals surface area contributed by atoms with Crippen molar-refractivity contribution in [1.29, 1.82) is 0 Å². The second-order valence-corrected chi connectivity index (χ2v) is 5.72. The molecule has 3 rings (SSSR count). The van der Waals surface area contributed by atoms with Crippen molar-refractivity contribution >= 4 is 17.6 Å². The zero-order valence-corrected chi connectivity index (χ0v) is 12.8. The summed E-state index contributed by atoms with van der Waals surface area (Å²) in [6, 6.07) is 14.8. The van der Waals surface area contributed by atoms with Gasteiger partial charge in [0.05, 0.1) is 12.1 Å². The van der Waals surface area contributed by atoms with Crippen molar-refractivity contribution in [2.45, 2.75) is 19.5 Å². The summed E-state index contributed by atoms with van der Waals surface area (Å²) in [5.74, 6) is -1.05. The molecule has 0 radical (unpaired) electrons. The molecule has 5 nitrogen and oxygen atoms in total. The highest BCUT2D eigenvalue weighted by molar-refractivity contribution is 5.95. The van der Waals surface area contributed by atoms with E-state index < -0.39 is 5.97 Å². The molecule has 0 bridgehead atoms. The van der Waals surface area contributed by atoms with Crippen molar-refractivity contribution in [3.63, 3.8) is 0 Å². The number of amides is 1. The van der Waals surface area contributed by atoms with Gasteiger partial charge in [0.25, 0.3) is 0 Å². The number of rotatable bonds is 3. The topological polar surface area (TPSA) is 69.6 Å². The van der Waals surface area contributed by atoms with E-state index >= 15 is 0 Å². The summed E-state index contributed by atoms with van der Waals surface area (Å²) >= 11 is 0. The van der Waals surface area contributed by atoms with Gasteiger partial charge in [-0.2, -0.15) is 0 Å². The number of aromatic carboxylic acids is 1. The molecule has 0 aromatic heterocycles. The zero-order chi connectivity index (χ0) is 16.4. The number of carboxylic acids is 1. The maximum absolute atomic E-state index is 12.1. The standard InChI is InChI=1S/C18H18N2O3/c1-12(13-5-3-2-4-6-13)20-10-15-9-14(18(22)23)7-8-16(15)19-17(21)11-20/h2-9,12H,10-11H2,1H3,(H,19,21)(H,22,23). The van der Waals surface area contributed by atoms with Crippen molar-refractivity contribution in [3.05, 3.63) is 65.2 Å². The number of hydrogen-bond acceptors (Lipinski definition) is 3. The number of benzene rings is 2. The molecular formula is C18H18N2O3. The molecule has 2 aromatic carbocycles. The van der Waals surface area contributed by atoms with Gasteiger partial charge in [-0.25, -0.2) is 4.79 Å². The molecule has 0 fully saturated rings. The lowest BCUT2D eigenvalue weighted by molar-refractivity contribution is -0.117. The van der Waals surface area contributed by atoms with E-state index in [1.165, 1.54) is 6.07 Å². The second kappa shape index (κ2) is 6.22. The molecule has 5 heteroatoms. The lowest BCUT2D eigenvalue weighted by Crippen LogP contribution is -2.32. The van der Waals surface area contributed by atoms with Crippen LogP contribution in [-0.4, -0.2) is 28.4 Å². The van der Waals surface area contributed by atoms with Gasteiger partial charge >= 0.3 is 5.97 Å². The Labute approximate surface area is 134 Å². The van der Waals surface area contributed by atoms with Crippen LogP contribution >= 0.6 is 0 Å². The normalized spacial score (nSPS) is 16.1. The number of nitrogens with zero attached hydrogens (tertiary/aromatic N) is 1. The lowest BCUT2D eigenvalue weighted by Gasteiger charge is -2.27. The Bertz CT molecular complexity index is 743. The fourth-order valence-electron chi connectivity index (χ4n) is 2.84. The maximum Gasteiger partial charge on any atom is 0.335 e. The fraction of sp³-hybridized carbons (Fsp3) is 0.222. The zero-order valence-electron chi connectivity index (χ0n) is 12.8. The highest BCUT2D eigenvalue weighted by Crippen LogP contribution is 2.28. The van der Waals surface area contributed by atoms with Crippen LogP contribution in [0.2, 0.25) is 0 Å². The van der Waals surface area contributed by atoms with Crippen LogP contribution in [0.1, 0.15) is 34.5 Å². The minimum absolute atomic E-state index is 0.0568. The Morgan fingerprint density at radius 1 is 1.17 bits per heavy atom. The van der Waals surface area contributed by atoms with E-state index in [1.54, 1.807) is 12.1 Å². The average Bonchev–Trinajstić information content (AvgIpc) is 2.72. The molecule has 118 valence electrons. The molecule has 2 aromatic rings. The summed E-state index contributed by atoms with van der Waals surface area (Å²) in [6.45, 7) is 2.84. The Morgan fingerprint density at radius 3 is 2.61 bits per heavy atom. The molecule has 0 saturated carbocycles. The molecule has 23 heavy (non-hydrogen) atoms. The minimum atomic E-state index is -0.967. The Kier molecular flexibility index (Phi) is 4.12. The third-order valence-corrected chi connectivity index (χ3v) is 4.18. The minimum Gasteiger partial charge on any atom is -0.478 e. The molecule has 1 unspecified atom stereocenters. The van der Waals surface area contributed by atoms with Crippen LogP contribution in [0.5, 0.6) is 0 Å². The van der Waals surface area contributed by atoms with Gasteiger partial charge in [-0.1, -0.05) is 30.3 Å². The van der Waals surface area contributed by atoms with Gasteiger partial charge in [-0.3, -0.25) is 9.69 Å². The molecule has 0 aliphatic carbocycles.